The Hall–Kier alpha value is -0.870. The highest BCUT2D eigenvalue weighted by molar-refractivity contribution is 5.71. The molecule has 3 aliphatic heterocycles. The first-order valence-corrected chi connectivity index (χ1v) is 10.9. The molecule has 1 spiro atoms. The quantitative estimate of drug-likeness (QED) is 0.286. The molecule has 4 nitrogen and oxygen atoms in total. The standard InChI is InChI=1S/C22H31NO3/c1-13-12-23(25)19-16-5-3-4-14(16)6-7-17(19)21(2)22(11-9-18(24)26-21)10-8-15(13)20(22)23/h5,13-15,17,19-20H,3-4,6-12H2,1-2H3/t13-,14+,15-,17+,19+,20+,21-,22+,23?/m1/s1. The zero-order valence-electron chi connectivity index (χ0n) is 16.1. The zero-order valence-corrected chi connectivity index (χ0v) is 16.1. The van der Waals surface area contributed by atoms with Crippen molar-refractivity contribution >= 4 is 5.97 Å². The van der Waals surface area contributed by atoms with E-state index in [0.717, 1.165) is 38.6 Å². The van der Waals surface area contributed by atoms with Crippen LogP contribution in [0.15, 0.2) is 11.6 Å². The highest BCUT2D eigenvalue weighted by Gasteiger charge is 2.78. The zero-order chi connectivity index (χ0) is 17.9. The molecule has 6 rings (SSSR count). The fraction of sp³-hybridized carbons (Fsp3) is 0.864. The number of quaternary nitrogens is 1. The third-order valence-electron chi connectivity index (χ3n) is 9.85. The molecule has 0 amide bonds. The number of fused-ring (bicyclic) bond motifs is 5. The number of hydrogen-bond acceptors (Lipinski definition) is 3. The van der Waals surface area contributed by atoms with Crippen LogP contribution in [-0.4, -0.2) is 34.8 Å². The van der Waals surface area contributed by atoms with Gasteiger partial charge < -0.3 is 14.6 Å². The van der Waals surface area contributed by atoms with Crippen molar-refractivity contribution in [1.29, 1.82) is 0 Å². The second kappa shape index (κ2) is 4.75. The summed E-state index contributed by atoms with van der Waals surface area (Å²) < 4.78 is 6.31. The first kappa shape index (κ1) is 16.1. The molecule has 3 heterocycles. The fourth-order valence-corrected chi connectivity index (χ4v) is 9.05. The Morgan fingerprint density at radius 3 is 2.92 bits per heavy atom. The number of rotatable bonds is 0. The van der Waals surface area contributed by atoms with Crippen molar-refractivity contribution in [2.24, 2.45) is 29.1 Å². The van der Waals surface area contributed by atoms with E-state index in [9.17, 15) is 10.0 Å². The molecule has 0 bridgehead atoms. The van der Waals surface area contributed by atoms with E-state index in [1.165, 1.54) is 18.4 Å². The van der Waals surface area contributed by atoms with Gasteiger partial charge in [0.25, 0.3) is 0 Å². The second-order valence-electron chi connectivity index (χ2n) is 10.5. The Morgan fingerprint density at radius 1 is 1.23 bits per heavy atom. The average Bonchev–Trinajstić information content (AvgIpc) is 3.27. The van der Waals surface area contributed by atoms with Crippen LogP contribution in [0.25, 0.3) is 0 Å². The van der Waals surface area contributed by atoms with Crippen molar-refractivity contribution in [3.63, 3.8) is 0 Å². The van der Waals surface area contributed by atoms with Crippen LogP contribution in [0.4, 0.5) is 0 Å². The minimum atomic E-state index is -0.433. The monoisotopic (exact) mass is 357 g/mol. The summed E-state index contributed by atoms with van der Waals surface area (Å²) >= 11 is 0. The number of nitrogens with zero attached hydrogens (tertiary/aromatic N) is 1. The first-order chi connectivity index (χ1) is 12.4. The van der Waals surface area contributed by atoms with Crippen molar-refractivity contribution in [2.45, 2.75) is 82.9 Å². The number of piperidine rings is 1. The molecule has 142 valence electrons. The van der Waals surface area contributed by atoms with Crippen molar-refractivity contribution < 1.29 is 14.2 Å². The van der Waals surface area contributed by atoms with Gasteiger partial charge in [-0.2, -0.15) is 0 Å². The molecule has 0 aromatic rings. The molecular formula is C22H31NO3. The van der Waals surface area contributed by atoms with Crippen LogP contribution in [0.5, 0.6) is 0 Å². The molecule has 0 aromatic carbocycles. The summed E-state index contributed by atoms with van der Waals surface area (Å²) in [6, 6.07) is 0.202. The summed E-state index contributed by atoms with van der Waals surface area (Å²) in [6.07, 6.45) is 10.6. The molecule has 4 heteroatoms. The van der Waals surface area contributed by atoms with E-state index in [1.54, 1.807) is 0 Å². The van der Waals surface area contributed by atoms with E-state index in [2.05, 4.69) is 19.9 Å². The lowest BCUT2D eigenvalue weighted by Gasteiger charge is -2.70. The van der Waals surface area contributed by atoms with E-state index in [1.807, 2.05) is 0 Å². The van der Waals surface area contributed by atoms with E-state index in [0.29, 0.717) is 24.2 Å². The molecule has 1 unspecified atom stereocenters. The number of carbonyl (C=O) groups is 1. The average molecular weight is 357 g/mol. The van der Waals surface area contributed by atoms with Gasteiger partial charge in [-0.05, 0) is 63.4 Å². The summed E-state index contributed by atoms with van der Waals surface area (Å²) in [6.45, 7) is 5.32. The summed E-state index contributed by atoms with van der Waals surface area (Å²) in [5, 5.41) is 14.7. The van der Waals surface area contributed by atoms with Crippen LogP contribution in [-0.2, 0) is 9.53 Å². The van der Waals surface area contributed by atoms with Crippen LogP contribution in [0.3, 0.4) is 0 Å². The molecule has 3 saturated heterocycles. The predicted molar refractivity (Wildman–Crippen MR) is 97.7 cm³/mol. The fourth-order valence-electron chi connectivity index (χ4n) is 9.05. The summed E-state index contributed by atoms with van der Waals surface area (Å²) in [5.74, 6) is 1.82. The maximum Gasteiger partial charge on any atom is 0.306 e. The molecular weight excluding hydrogens is 326 g/mol. The van der Waals surface area contributed by atoms with Gasteiger partial charge in [-0.3, -0.25) is 4.79 Å². The van der Waals surface area contributed by atoms with Crippen LogP contribution in [0, 0.1) is 34.3 Å². The van der Waals surface area contributed by atoms with E-state index in [4.69, 9.17) is 4.74 Å². The number of ether oxygens (including phenoxy) is 1. The van der Waals surface area contributed by atoms with Crippen molar-refractivity contribution in [3.05, 3.63) is 16.9 Å². The van der Waals surface area contributed by atoms with Crippen molar-refractivity contribution in [2.75, 3.05) is 6.54 Å². The van der Waals surface area contributed by atoms with Gasteiger partial charge in [0, 0.05) is 18.3 Å². The second-order valence-corrected chi connectivity index (χ2v) is 10.5. The Kier molecular flexibility index (Phi) is 2.94. The van der Waals surface area contributed by atoms with Gasteiger partial charge >= 0.3 is 5.97 Å². The maximum atomic E-state index is 14.7. The lowest BCUT2D eigenvalue weighted by atomic mass is 9.51. The van der Waals surface area contributed by atoms with Gasteiger partial charge in [-0.25, -0.2) is 0 Å². The molecule has 26 heavy (non-hydrogen) atoms. The topological polar surface area (TPSA) is 49.4 Å². The molecule has 0 N–H and O–H groups in total. The van der Waals surface area contributed by atoms with Crippen molar-refractivity contribution in [1.82, 2.24) is 0 Å². The number of hydrogen-bond donors (Lipinski definition) is 0. The van der Waals surface area contributed by atoms with Gasteiger partial charge in [0.05, 0.1) is 17.9 Å². The van der Waals surface area contributed by atoms with Crippen LogP contribution in [0.2, 0.25) is 0 Å². The summed E-state index contributed by atoms with van der Waals surface area (Å²) in [7, 11) is 0. The molecule has 0 aromatic heterocycles. The van der Waals surface area contributed by atoms with Crippen LogP contribution < -0.4 is 0 Å². The number of esters is 1. The molecule has 6 aliphatic rings. The number of carbonyl (C=O) groups excluding carboxylic acids is 1. The highest BCUT2D eigenvalue weighted by Crippen LogP contribution is 2.71. The Morgan fingerprint density at radius 2 is 2.08 bits per heavy atom. The number of hydroxylamine groups is 3. The van der Waals surface area contributed by atoms with E-state index >= 15 is 0 Å². The first-order valence-electron chi connectivity index (χ1n) is 10.9. The van der Waals surface area contributed by atoms with Gasteiger partial charge in [0.1, 0.15) is 17.7 Å². The van der Waals surface area contributed by atoms with Gasteiger partial charge in [-0.15, -0.1) is 0 Å². The lowest BCUT2D eigenvalue weighted by Crippen LogP contribution is -2.78. The Bertz CT molecular complexity index is 718. The third-order valence-corrected chi connectivity index (χ3v) is 9.85. The molecule has 0 radical (unpaired) electrons. The minimum Gasteiger partial charge on any atom is -0.632 e. The van der Waals surface area contributed by atoms with Gasteiger partial charge in [0.15, 0.2) is 0 Å². The SMILES string of the molecule is C[C@@H]1C[N+]2([O-])[C@H]3C4=CCC[C@H]4CC[C@@H]3[C@@]3(C)OC(=O)CC[C@]34CC[C@H]1[C@@H]42. The largest absolute Gasteiger partial charge is 0.632 e. The smallest absolute Gasteiger partial charge is 0.306 e. The van der Waals surface area contributed by atoms with Crippen molar-refractivity contribution in [3.8, 4) is 0 Å². The summed E-state index contributed by atoms with van der Waals surface area (Å²) in [5.41, 5.74) is 0.940. The number of allylic oxidation sites excluding steroid dienone is 1. The molecule has 9 atom stereocenters. The lowest BCUT2D eigenvalue weighted by molar-refractivity contribution is -0.936. The van der Waals surface area contributed by atoms with Gasteiger partial charge in [-0.1, -0.05) is 13.0 Å². The molecule has 3 aliphatic carbocycles. The van der Waals surface area contributed by atoms with Crippen LogP contribution >= 0.6 is 0 Å². The molecule has 2 saturated carbocycles. The van der Waals surface area contributed by atoms with E-state index < -0.39 is 5.60 Å². The summed E-state index contributed by atoms with van der Waals surface area (Å²) in [4.78, 5) is 12.4. The highest BCUT2D eigenvalue weighted by atomic mass is 16.6. The molecule has 5 fully saturated rings. The Labute approximate surface area is 156 Å². The maximum absolute atomic E-state index is 14.7. The predicted octanol–water partition coefficient (Wildman–Crippen LogP) is 3.94. The van der Waals surface area contributed by atoms with E-state index in [-0.39, 0.29) is 34.0 Å². The minimum absolute atomic E-state index is 0.0198. The Balaban J connectivity index is 1.58. The van der Waals surface area contributed by atoms with Crippen LogP contribution in [0.1, 0.15) is 65.2 Å². The van der Waals surface area contributed by atoms with Gasteiger partial charge in [0.2, 0.25) is 0 Å². The normalized spacial score (nSPS) is 59.8. The third kappa shape index (κ3) is 1.56.